The predicted octanol–water partition coefficient (Wildman–Crippen LogP) is 3.60. The lowest BCUT2D eigenvalue weighted by atomic mass is 10.0. The number of hydrogen-bond donors (Lipinski definition) is 1. The Kier molecular flexibility index (Phi) is 7.63. The Morgan fingerprint density at radius 1 is 1.15 bits per heavy atom. The molecule has 2 unspecified atom stereocenters. The maximum absolute atomic E-state index is 6.02. The first kappa shape index (κ1) is 17.0. The highest BCUT2D eigenvalue weighted by Gasteiger charge is 2.21. The van der Waals surface area contributed by atoms with Crippen molar-refractivity contribution in [3.8, 4) is 5.75 Å². The summed E-state index contributed by atoms with van der Waals surface area (Å²) in [6.07, 6.45) is 2.17. The lowest BCUT2D eigenvalue weighted by molar-refractivity contribution is 0.152. The largest absolute Gasteiger partial charge is 0.494 e. The van der Waals surface area contributed by atoms with Gasteiger partial charge in [-0.25, -0.2) is 0 Å². The van der Waals surface area contributed by atoms with Gasteiger partial charge < -0.3 is 10.5 Å². The van der Waals surface area contributed by atoms with Gasteiger partial charge in [0, 0.05) is 18.6 Å². The fraction of sp³-hybridized carbons (Fsp3) is 0.647. The molecule has 1 aromatic rings. The van der Waals surface area contributed by atoms with Crippen LogP contribution in [0.3, 0.4) is 0 Å². The molecule has 2 atom stereocenters. The summed E-state index contributed by atoms with van der Waals surface area (Å²) in [5.74, 6) is 0.943. The van der Waals surface area contributed by atoms with Crippen molar-refractivity contribution in [1.82, 2.24) is 4.90 Å². The fourth-order valence-corrected chi connectivity index (χ4v) is 2.54. The third-order valence-electron chi connectivity index (χ3n) is 3.88. The van der Waals surface area contributed by atoms with E-state index >= 15 is 0 Å². The summed E-state index contributed by atoms with van der Waals surface area (Å²) in [5.41, 5.74) is 7.30. The van der Waals surface area contributed by atoms with E-state index in [2.05, 4.69) is 56.9 Å². The SMILES string of the molecule is CCCOc1ccc(C(CN)N(CC)C(C)CC)cc1. The predicted molar refractivity (Wildman–Crippen MR) is 86.2 cm³/mol. The highest BCUT2D eigenvalue weighted by molar-refractivity contribution is 5.29. The molecule has 0 amide bonds. The number of rotatable bonds is 9. The molecule has 1 aromatic carbocycles. The van der Waals surface area contributed by atoms with Crippen LogP contribution in [-0.4, -0.2) is 30.6 Å². The monoisotopic (exact) mass is 278 g/mol. The molecule has 0 bridgehead atoms. The molecule has 0 fully saturated rings. The molecule has 0 radical (unpaired) electrons. The second-order valence-electron chi connectivity index (χ2n) is 5.26. The Morgan fingerprint density at radius 3 is 2.25 bits per heavy atom. The van der Waals surface area contributed by atoms with E-state index in [4.69, 9.17) is 10.5 Å². The Bertz CT molecular complexity index is 364. The molecule has 0 aliphatic carbocycles. The number of nitrogens with two attached hydrogens (primary N) is 1. The van der Waals surface area contributed by atoms with Crippen molar-refractivity contribution in [2.45, 2.75) is 52.6 Å². The highest BCUT2D eigenvalue weighted by atomic mass is 16.5. The normalized spacial score (nSPS) is 14.3. The van der Waals surface area contributed by atoms with Crippen molar-refractivity contribution in [3.63, 3.8) is 0 Å². The van der Waals surface area contributed by atoms with Gasteiger partial charge in [-0.1, -0.05) is 32.9 Å². The standard InChI is InChI=1S/C17H30N2O/c1-5-12-20-16-10-8-15(9-11-16)17(13-18)19(7-3)14(4)6-2/h8-11,14,17H,5-7,12-13,18H2,1-4H3. The van der Waals surface area contributed by atoms with Gasteiger partial charge in [-0.3, -0.25) is 4.90 Å². The maximum Gasteiger partial charge on any atom is 0.119 e. The molecular formula is C17H30N2O. The lowest BCUT2D eigenvalue weighted by Crippen LogP contribution is -2.39. The van der Waals surface area contributed by atoms with Crippen molar-refractivity contribution in [2.24, 2.45) is 5.73 Å². The van der Waals surface area contributed by atoms with E-state index in [1.807, 2.05) is 0 Å². The summed E-state index contributed by atoms with van der Waals surface area (Å²) in [7, 11) is 0. The van der Waals surface area contributed by atoms with Gasteiger partial charge in [-0.2, -0.15) is 0 Å². The molecule has 1 rings (SSSR count). The summed E-state index contributed by atoms with van der Waals surface area (Å²) in [6.45, 7) is 11.2. The van der Waals surface area contributed by atoms with Gasteiger partial charge >= 0.3 is 0 Å². The van der Waals surface area contributed by atoms with Crippen LogP contribution in [0.5, 0.6) is 5.75 Å². The van der Waals surface area contributed by atoms with Gasteiger partial charge in [0.25, 0.3) is 0 Å². The van der Waals surface area contributed by atoms with Gasteiger partial charge in [0.05, 0.1) is 6.61 Å². The van der Waals surface area contributed by atoms with E-state index < -0.39 is 0 Å². The third kappa shape index (κ3) is 4.50. The summed E-state index contributed by atoms with van der Waals surface area (Å²) in [4.78, 5) is 2.47. The number of nitrogens with zero attached hydrogens (tertiary/aromatic N) is 1. The number of hydrogen-bond acceptors (Lipinski definition) is 3. The Hall–Kier alpha value is -1.06. The molecule has 0 aromatic heterocycles. The smallest absolute Gasteiger partial charge is 0.119 e. The van der Waals surface area contributed by atoms with Gasteiger partial charge in [0.15, 0.2) is 0 Å². The van der Waals surface area contributed by atoms with E-state index in [-0.39, 0.29) is 6.04 Å². The van der Waals surface area contributed by atoms with Crippen LogP contribution in [-0.2, 0) is 0 Å². The fourth-order valence-electron chi connectivity index (χ4n) is 2.54. The first-order valence-electron chi connectivity index (χ1n) is 7.86. The molecule has 114 valence electrons. The van der Waals surface area contributed by atoms with Gasteiger partial charge in [-0.05, 0) is 44.0 Å². The zero-order valence-corrected chi connectivity index (χ0v) is 13.4. The van der Waals surface area contributed by atoms with Crippen molar-refractivity contribution < 1.29 is 4.74 Å². The number of ether oxygens (including phenoxy) is 1. The molecule has 0 spiro atoms. The molecule has 0 saturated heterocycles. The highest BCUT2D eigenvalue weighted by Crippen LogP contribution is 2.25. The van der Waals surface area contributed by atoms with E-state index in [0.717, 1.165) is 31.7 Å². The van der Waals surface area contributed by atoms with E-state index in [1.165, 1.54) is 5.56 Å². The number of benzene rings is 1. The van der Waals surface area contributed by atoms with Gasteiger partial charge in [0.1, 0.15) is 5.75 Å². The van der Waals surface area contributed by atoms with Crippen LogP contribution in [0.4, 0.5) is 0 Å². The summed E-state index contributed by atoms with van der Waals surface area (Å²) >= 11 is 0. The van der Waals surface area contributed by atoms with E-state index in [9.17, 15) is 0 Å². The Balaban J connectivity index is 2.83. The quantitative estimate of drug-likeness (QED) is 0.750. The second kappa shape index (κ2) is 8.98. The topological polar surface area (TPSA) is 38.5 Å². The van der Waals surface area contributed by atoms with Crippen LogP contribution in [0.15, 0.2) is 24.3 Å². The first-order valence-corrected chi connectivity index (χ1v) is 7.86. The average Bonchev–Trinajstić information content (AvgIpc) is 2.50. The van der Waals surface area contributed by atoms with Crippen LogP contribution < -0.4 is 10.5 Å². The Morgan fingerprint density at radius 2 is 1.80 bits per heavy atom. The zero-order valence-electron chi connectivity index (χ0n) is 13.4. The average molecular weight is 278 g/mol. The van der Waals surface area contributed by atoms with Crippen LogP contribution in [0.2, 0.25) is 0 Å². The Labute approximate surface area is 124 Å². The summed E-state index contributed by atoms with van der Waals surface area (Å²) < 4.78 is 5.63. The van der Waals surface area contributed by atoms with Gasteiger partial charge in [-0.15, -0.1) is 0 Å². The van der Waals surface area contributed by atoms with Crippen LogP contribution in [0.1, 0.15) is 52.1 Å². The molecule has 3 heteroatoms. The van der Waals surface area contributed by atoms with Gasteiger partial charge in [0.2, 0.25) is 0 Å². The minimum Gasteiger partial charge on any atom is -0.494 e. The van der Waals surface area contributed by atoms with Crippen molar-refractivity contribution >= 4 is 0 Å². The lowest BCUT2D eigenvalue weighted by Gasteiger charge is -2.35. The van der Waals surface area contributed by atoms with Crippen molar-refractivity contribution in [2.75, 3.05) is 19.7 Å². The molecule has 0 heterocycles. The number of likely N-dealkylation sites (N-methyl/N-ethyl adjacent to an activating group) is 1. The maximum atomic E-state index is 6.02. The molecule has 0 aliphatic heterocycles. The minimum absolute atomic E-state index is 0.287. The van der Waals surface area contributed by atoms with E-state index in [0.29, 0.717) is 12.6 Å². The van der Waals surface area contributed by atoms with Crippen LogP contribution in [0, 0.1) is 0 Å². The molecule has 0 saturated carbocycles. The minimum atomic E-state index is 0.287. The molecule has 3 nitrogen and oxygen atoms in total. The molecule has 0 aliphatic rings. The van der Waals surface area contributed by atoms with E-state index in [1.54, 1.807) is 0 Å². The summed E-state index contributed by atoms with van der Waals surface area (Å²) in [6, 6.07) is 9.23. The van der Waals surface area contributed by atoms with Crippen molar-refractivity contribution in [3.05, 3.63) is 29.8 Å². The van der Waals surface area contributed by atoms with Crippen LogP contribution >= 0.6 is 0 Å². The molecule has 2 N–H and O–H groups in total. The third-order valence-corrected chi connectivity index (χ3v) is 3.88. The first-order chi connectivity index (χ1) is 9.67. The van der Waals surface area contributed by atoms with Crippen LogP contribution in [0.25, 0.3) is 0 Å². The zero-order chi connectivity index (χ0) is 15.0. The molecular weight excluding hydrogens is 248 g/mol. The summed E-state index contributed by atoms with van der Waals surface area (Å²) in [5, 5.41) is 0. The van der Waals surface area contributed by atoms with Crippen molar-refractivity contribution in [1.29, 1.82) is 0 Å². The second-order valence-corrected chi connectivity index (χ2v) is 5.26. The molecule has 20 heavy (non-hydrogen) atoms.